The van der Waals surface area contributed by atoms with Gasteiger partial charge in [-0.05, 0) is 45.7 Å². The molecule has 0 aliphatic carbocycles. The van der Waals surface area contributed by atoms with Crippen LogP contribution in [0.25, 0.3) is 0 Å². The molecule has 0 saturated carbocycles. The molecule has 1 fully saturated rings. The van der Waals surface area contributed by atoms with Gasteiger partial charge in [0.1, 0.15) is 0 Å². The van der Waals surface area contributed by atoms with Crippen LogP contribution in [0.3, 0.4) is 0 Å². The predicted octanol–water partition coefficient (Wildman–Crippen LogP) is 2.12. The number of likely N-dealkylation sites (tertiary alicyclic amines) is 1. The number of hydrogen-bond donors (Lipinski definition) is 1. The van der Waals surface area contributed by atoms with Gasteiger partial charge in [-0.15, -0.1) is 0 Å². The van der Waals surface area contributed by atoms with E-state index in [0.717, 1.165) is 25.6 Å². The highest BCUT2D eigenvalue weighted by atomic mass is 16.5. The van der Waals surface area contributed by atoms with E-state index in [1.165, 1.54) is 25.9 Å². The number of nitrogens with zero attached hydrogens (tertiary/aromatic N) is 1. The summed E-state index contributed by atoms with van der Waals surface area (Å²) < 4.78 is 5.70. The lowest BCUT2D eigenvalue weighted by Crippen LogP contribution is -2.46. The second-order valence-corrected chi connectivity index (χ2v) is 5.22. The Morgan fingerprint density at radius 2 is 1.88 bits per heavy atom. The molecule has 0 aromatic carbocycles. The van der Waals surface area contributed by atoms with Crippen LogP contribution in [0.2, 0.25) is 0 Å². The molecule has 0 radical (unpaired) electrons. The van der Waals surface area contributed by atoms with E-state index in [9.17, 15) is 0 Å². The lowest BCUT2D eigenvalue weighted by molar-refractivity contribution is 0.0000144. The number of ether oxygens (including phenoxy) is 1. The van der Waals surface area contributed by atoms with Gasteiger partial charge in [0.25, 0.3) is 0 Å². The summed E-state index contributed by atoms with van der Waals surface area (Å²) in [5.41, 5.74) is 0. The average Bonchev–Trinajstić information content (AvgIpc) is 2.36. The molecule has 3 heteroatoms. The van der Waals surface area contributed by atoms with Gasteiger partial charge < -0.3 is 15.0 Å². The van der Waals surface area contributed by atoms with Gasteiger partial charge in [0.15, 0.2) is 0 Å². The molecule has 0 spiro atoms. The van der Waals surface area contributed by atoms with Crippen molar-refractivity contribution in [2.45, 2.75) is 52.7 Å². The van der Waals surface area contributed by atoms with Gasteiger partial charge in [-0.3, -0.25) is 0 Å². The molecule has 1 N–H and O–H groups in total. The Morgan fingerprint density at radius 1 is 1.24 bits per heavy atom. The lowest BCUT2D eigenvalue weighted by atomic mass is 9.98. The van der Waals surface area contributed by atoms with Crippen molar-refractivity contribution in [1.29, 1.82) is 0 Å². The summed E-state index contributed by atoms with van der Waals surface area (Å²) in [5, 5.41) is 3.45. The second kappa shape index (κ2) is 8.06. The van der Waals surface area contributed by atoms with Crippen LogP contribution < -0.4 is 5.32 Å². The molecular weight excluding hydrogens is 212 g/mol. The van der Waals surface area contributed by atoms with E-state index in [1.54, 1.807) is 0 Å². The number of rotatable bonds is 7. The maximum absolute atomic E-state index is 5.70. The normalized spacial score (nSPS) is 22.6. The molecule has 1 aliphatic heterocycles. The van der Waals surface area contributed by atoms with E-state index in [-0.39, 0.29) is 0 Å². The zero-order valence-corrected chi connectivity index (χ0v) is 12.0. The molecule has 3 nitrogen and oxygen atoms in total. The summed E-state index contributed by atoms with van der Waals surface area (Å²) in [5.74, 6) is 0.721. The van der Waals surface area contributed by atoms with Gasteiger partial charge in [0, 0.05) is 25.7 Å². The second-order valence-electron chi connectivity index (χ2n) is 5.22. The van der Waals surface area contributed by atoms with Crippen molar-refractivity contribution in [1.82, 2.24) is 10.2 Å². The SMILES string of the molecule is CCNCC(C)C(C)N1CCC(OCC)CC1. The maximum atomic E-state index is 5.70. The molecular formula is C14H30N2O. The van der Waals surface area contributed by atoms with Gasteiger partial charge in [-0.2, -0.15) is 0 Å². The first-order chi connectivity index (χ1) is 8.19. The molecule has 1 saturated heterocycles. The quantitative estimate of drug-likeness (QED) is 0.740. The molecule has 0 aromatic rings. The van der Waals surface area contributed by atoms with E-state index < -0.39 is 0 Å². The van der Waals surface area contributed by atoms with Crippen LogP contribution in [0.4, 0.5) is 0 Å². The minimum absolute atomic E-state index is 0.507. The van der Waals surface area contributed by atoms with E-state index >= 15 is 0 Å². The van der Waals surface area contributed by atoms with Gasteiger partial charge in [0.2, 0.25) is 0 Å². The molecule has 1 rings (SSSR count). The van der Waals surface area contributed by atoms with Crippen molar-refractivity contribution in [3.63, 3.8) is 0 Å². The number of piperidine rings is 1. The number of hydrogen-bond acceptors (Lipinski definition) is 3. The minimum atomic E-state index is 0.507. The van der Waals surface area contributed by atoms with Crippen LogP contribution in [0.5, 0.6) is 0 Å². The third kappa shape index (κ3) is 4.94. The van der Waals surface area contributed by atoms with Crippen molar-refractivity contribution in [2.75, 3.05) is 32.8 Å². The van der Waals surface area contributed by atoms with Crippen LogP contribution >= 0.6 is 0 Å². The third-order valence-electron chi connectivity index (χ3n) is 3.99. The molecule has 1 aliphatic rings. The Bertz CT molecular complexity index is 191. The maximum Gasteiger partial charge on any atom is 0.0599 e. The summed E-state index contributed by atoms with van der Waals surface area (Å²) in [4.78, 5) is 2.62. The summed E-state index contributed by atoms with van der Waals surface area (Å²) in [7, 11) is 0. The highest BCUT2D eigenvalue weighted by Crippen LogP contribution is 2.19. The van der Waals surface area contributed by atoms with Crippen molar-refractivity contribution in [2.24, 2.45) is 5.92 Å². The number of nitrogens with one attached hydrogen (secondary N) is 1. The molecule has 0 amide bonds. The minimum Gasteiger partial charge on any atom is -0.378 e. The predicted molar refractivity (Wildman–Crippen MR) is 73.4 cm³/mol. The Hall–Kier alpha value is -0.120. The standard InChI is InChI=1S/C14H30N2O/c1-5-15-11-12(3)13(4)16-9-7-14(8-10-16)17-6-2/h12-15H,5-11H2,1-4H3. The van der Waals surface area contributed by atoms with E-state index in [1.807, 2.05) is 0 Å². The largest absolute Gasteiger partial charge is 0.378 e. The monoisotopic (exact) mass is 242 g/mol. The van der Waals surface area contributed by atoms with Crippen LogP contribution in [0, 0.1) is 5.92 Å². The summed E-state index contributed by atoms with van der Waals surface area (Å²) >= 11 is 0. The highest BCUT2D eigenvalue weighted by molar-refractivity contribution is 4.80. The van der Waals surface area contributed by atoms with Crippen LogP contribution in [0.1, 0.15) is 40.5 Å². The molecule has 17 heavy (non-hydrogen) atoms. The smallest absolute Gasteiger partial charge is 0.0599 e. The van der Waals surface area contributed by atoms with E-state index in [4.69, 9.17) is 4.74 Å². The lowest BCUT2D eigenvalue weighted by Gasteiger charge is -2.38. The van der Waals surface area contributed by atoms with Gasteiger partial charge in [-0.1, -0.05) is 13.8 Å². The van der Waals surface area contributed by atoms with Gasteiger partial charge >= 0.3 is 0 Å². The Kier molecular flexibility index (Phi) is 7.09. The van der Waals surface area contributed by atoms with Crippen LogP contribution in [-0.4, -0.2) is 49.8 Å². The molecule has 0 aromatic heterocycles. The van der Waals surface area contributed by atoms with Crippen molar-refractivity contribution in [3.05, 3.63) is 0 Å². The van der Waals surface area contributed by atoms with Gasteiger partial charge in [-0.25, -0.2) is 0 Å². The fraction of sp³-hybridized carbons (Fsp3) is 1.00. The van der Waals surface area contributed by atoms with E-state index in [0.29, 0.717) is 12.1 Å². The first-order valence-corrected chi connectivity index (χ1v) is 7.25. The van der Waals surface area contributed by atoms with Crippen molar-refractivity contribution < 1.29 is 4.74 Å². The van der Waals surface area contributed by atoms with Crippen molar-refractivity contribution in [3.8, 4) is 0 Å². The van der Waals surface area contributed by atoms with Gasteiger partial charge in [0.05, 0.1) is 6.10 Å². The summed E-state index contributed by atoms with van der Waals surface area (Å²) in [6, 6.07) is 0.677. The zero-order chi connectivity index (χ0) is 12.7. The first kappa shape index (κ1) is 14.9. The topological polar surface area (TPSA) is 24.5 Å². The molecule has 2 unspecified atom stereocenters. The van der Waals surface area contributed by atoms with Crippen LogP contribution in [0.15, 0.2) is 0 Å². The van der Waals surface area contributed by atoms with Crippen molar-refractivity contribution >= 4 is 0 Å². The summed E-state index contributed by atoms with van der Waals surface area (Å²) in [6.45, 7) is 14.4. The fourth-order valence-corrected chi connectivity index (χ4v) is 2.59. The highest BCUT2D eigenvalue weighted by Gasteiger charge is 2.25. The molecule has 1 heterocycles. The zero-order valence-electron chi connectivity index (χ0n) is 12.0. The Labute approximate surface area is 107 Å². The molecule has 102 valence electrons. The Morgan fingerprint density at radius 3 is 2.41 bits per heavy atom. The first-order valence-electron chi connectivity index (χ1n) is 7.25. The molecule has 0 bridgehead atoms. The Balaban J connectivity index is 2.27. The summed E-state index contributed by atoms with van der Waals surface area (Å²) in [6.07, 6.45) is 2.91. The van der Waals surface area contributed by atoms with Crippen LogP contribution in [-0.2, 0) is 4.74 Å². The third-order valence-corrected chi connectivity index (χ3v) is 3.99. The van der Waals surface area contributed by atoms with E-state index in [2.05, 4.69) is 37.9 Å². The molecule has 2 atom stereocenters. The fourth-order valence-electron chi connectivity index (χ4n) is 2.59. The average molecular weight is 242 g/mol.